The van der Waals surface area contributed by atoms with Crippen molar-refractivity contribution >= 4 is 5.97 Å². The summed E-state index contributed by atoms with van der Waals surface area (Å²) in [5, 5.41) is 3.14. The summed E-state index contributed by atoms with van der Waals surface area (Å²) in [4.78, 5) is 11.8. The van der Waals surface area contributed by atoms with Crippen LogP contribution in [0.4, 0.5) is 0 Å². The predicted octanol–water partition coefficient (Wildman–Crippen LogP) is 2.90. The second-order valence-corrected chi connectivity index (χ2v) is 5.32. The van der Waals surface area contributed by atoms with Gasteiger partial charge in [-0.1, -0.05) is 39.5 Å². The lowest BCUT2D eigenvalue weighted by Crippen LogP contribution is -2.54. The first-order valence-corrected chi connectivity index (χ1v) is 7.45. The van der Waals surface area contributed by atoms with Gasteiger partial charge in [0.2, 0.25) is 0 Å². The number of hydrogen-bond acceptors (Lipinski definition) is 4. The highest BCUT2D eigenvalue weighted by Gasteiger charge is 2.34. The highest BCUT2D eigenvalue weighted by Crippen LogP contribution is 2.12. The molecule has 4 nitrogen and oxygen atoms in total. The molecule has 0 bridgehead atoms. The Hall–Kier alpha value is -0.610. The third-order valence-corrected chi connectivity index (χ3v) is 3.32. The average Bonchev–Trinajstić information content (AvgIpc) is 2.40. The number of hydrogen-bond donors (Lipinski definition) is 1. The molecule has 0 saturated carbocycles. The minimum absolute atomic E-state index is 0.180. The number of rotatable bonds is 11. The number of carbonyl (C=O) groups is 1. The molecule has 0 spiro atoms. The van der Waals surface area contributed by atoms with E-state index in [-0.39, 0.29) is 12.1 Å². The van der Waals surface area contributed by atoms with Crippen LogP contribution < -0.4 is 5.32 Å². The van der Waals surface area contributed by atoms with Gasteiger partial charge in [0.15, 0.2) is 0 Å². The Balaban J connectivity index is 4.06. The Kier molecular flexibility index (Phi) is 9.88. The summed E-state index contributed by atoms with van der Waals surface area (Å²) in [5.74, 6) is -0.271. The fraction of sp³-hybridized carbons (Fsp3) is 0.933. The van der Waals surface area contributed by atoms with Gasteiger partial charge in [0.05, 0.1) is 19.8 Å². The van der Waals surface area contributed by atoms with Gasteiger partial charge < -0.3 is 14.8 Å². The van der Waals surface area contributed by atoms with Crippen LogP contribution in [-0.2, 0) is 14.3 Å². The summed E-state index contributed by atoms with van der Waals surface area (Å²) >= 11 is 0. The fourth-order valence-corrected chi connectivity index (χ4v) is 2.05. The van der Waals surface area contributed by atoms with Crippen molar-refractivity contribution in [1.82, 2.24) is 5.32 Å². The zero-order valence-corrected chi connectivity index (χ0v) is 13.3. The van der Waals surface area contributed by atoms with Crippen molar-refractivity contribution in [3.8, 4) is 0 Å². The molecule has 0 radical (unpaired) electrons. The molecule has 0 aromatic heterocycles. The fourth-order valence-electron chi connectivity index (χ4n) is 2.05. The smallest absolute Gasteiger partial charge is 0.328 e. The number of methoxy groups -OCH3 is 1. The van der Waals surface area contributed by atoms with Gasteiger partial charge in [-0.2, -0.15) is 0 Å². The third-order valence-electron chi connectivity index (χ3n) is 3.32. The van der Waals surface area contributed by atoms with Crippen LogP contribution in [0.5, 0.6) is 0 Å². The lowest BCUT2D eigenvalue weighted by atomic mass is 10.0. The van der Waals surface area contributed by atoms with Gasteiger partial charge in [-0.25, -0.2) is 4.79 Å². The molecule has 0 amide bonds. The molecule has 0 aliphatic rings. The predicted molar refractivity (Wildman–Crippen MR) is 78.3 cm³/mol. The Bertz CT molecular complexity index is 246. The van der Waals surface area contributed by atoms with Gasteiger partial charge in [0, 0.05) is 0 Å². The zero-order chi connectivity index (χ0) is 14.7. The quantitative estimate of drug-likeness (QED) is 0.464. The van der Waals surface area contributed by atoms with Crippen molar-refractivity contribution in [2.24, 2.45) is 0 Å². The Morgan fingerprint density at radius 1 is 1.26 bits per heavy atom. The standard InChI is InChI=1S/C15H31NO3/c1-6-8-9-10-11-13(3)19-12-15(4,16-7-2)14(17)18-5/h13,16H,6-12H2,1-5H3. The van der Waals surface area contributed by atoms with Gasteiger partial charge in [-0.3, -0.25) is 0 Å². The molecule has 114 valence electrons. The molecule has 0 rings (SSSR count). The van der Waals surface area contributed by atoms with Gasteiger partial charge in [-0.15, -0.1) is 0 Å². The Morgan fingerprint density at radius 3 is 2.47 bits per heavy atom. The van der Waals surface area contributed by atoms with E-state index < -0.39 is 5.54 Å². The van der Waals surface area contributed by atoms with Crippen LogP contribution in [0.25, 0.3) is 0 Å². The van der Waals surface area contributed by atoms with E-state index in [2.05, 4.69) is 19.2 Å². The van der Waals surface area contributed by atoms with Crippen molar-refractivity contribution in [3.05, 3.63) is 0 Å². The normalized spacial score (nSPS) is 15.8. The van der Waals surface area contributed by atoms with E-state index in [1.54, 1.807) is 0 Å². The van der Waals surface area contributed by atoms with Crippen molar-refractivity contribution in [1.29, 1.82) is 0 Å². The lowest BCUT2D eigenvalue weighted by Gasteiger charge is -2.28. The first-order valence-electron chi connectivity index (χ1n) is 7.45. The van der Waals surface area contributed by atoms with Crippen molar-refractivity contribution in [2.75, 3.05) is 20.3 Å². The lowest BCUT2D eigenvalue weighted by molar-refractivity contribution is -0.151. The van der Waals surface area contributed by atoms with E-state index in [0.717, 1.165) is 6.42 Å². The highest BCUT2D eigenvalue weighted by atomic mass is 16.5. The summed E-state index contributed by atoms with van der Waals surface area (Å²) in [5.41, 5.74) is -0.749. The summed E-state index contributed by atoms with van der Waals surface area (Å²) in [6, 6.07) is 0. The SMILES string of the molecule is CCCCCCC(C)OCC(C)(NCC)C(=O)OC. The maximum Gasteiger partial charge on any atom is 0.328 e. The maximum atomic E-state index is 11.8. The number of ether oxygens (including phenoxy) is 2. The molecule has 1 N–H and O–H groups in total. The molecule has 4 heteroatoms. The molecule has 0 aromatic carbocycles. The van der Waals surface area contributed by atoms with Crippen LogP contribution in [0.2, 0.25) is 0 Å². The summed E-state index contributed by atoms with van der Waals surface area (Å²) in [6.07, 6.45) is 6.19. The number of esters is 1. The second kappa shape index (κ2) is 10.2. The van der Waals surface area contributed by atoms with Crippen LogP contribution in [0.1, 0.15) is 59.8 Å². The van der Waals surface area contributed by atoms with E-state index in [0.29, 0.717) is 13.2 Å². The van der Waals surface area contributed by atoms with Gasteiger partial charge in [0.25, 0.3) is 0 Å². The minimum Gasteiger partial charge on any atom is -0.468 e. The van der Waals surface area contributed by atoms with Crippen molar-refractivity contribution in [2.45, 2.75) is 71.4 Å². The Morgan fingerprint density at radius 2 is 1.95 bits per heavy atom. The van der Waals surface area contributed by atoms with Gasteiger partial charge >= 0.3 is 5.97 Å². The molecule has 19 heavy (non-hydrogen) atoms. The van der Waals surface area contributed by atoms with E-state index in [1.807, 2.05) is 13.8 Å². The van der Waals surface area contributed by atoms with Crippen LogP contribution in [0, 0.1) is 0 Å². The van der Waals surface area contributed by atoms with E-state index in [1.165, 1.54) is 32.8 Å². The third kappa shape index (κ3) is 7.53. The molecule has 0 aliphatic carbocycles. The Labute approximate surface area is 118 Å². The van der Waals surface area contributed by atoms with Crippen molar-refractivity contribution < 1.29 is 14.3 Å². The first-order chi connectivity index (χ1) is 9.00. The van der Waals surface area contributed by atoms with E-state index in [4.69, 9.17) is 9.47 Å². The van der Waals surface area contributed by atoms with Crippen molar-refractivity contribution in [3.63, 3.8) is 0 Å². The monoisotopic (exact) mass is 273 g/mol. The first kappa shape index (κ1) is 18.4. The summed E-state index contributed by atoms with van der Waals surface area (Å²) in [7, 11) is 1.41. The largest absolute Gasteiger partial charge is 0.468 e. The molecular formula is C15H31NO3. The molecule has 2 unspecified atom stereocenters. The summed E-state index contributed by atoms with van der Waals surface area (Å²) in [6.45, 7) is 9.12. The average molecular weight is 273 g/mol. The van der Waals surface area contributed by atoms with E-state index in [9.17, 15) is 4.79 Å². The topological polar surface area (TPSA) is 47.6 Å². The molecule has 0 fully saturated rings. The van der Waals surface area contributed by atoms with E-state index >= 15 is 0 Å². The number of unbranched alkanes of at least 4 members (excludes halogenated alkanes) is 3. The van der Waals surface area contributed by atoms with Crippen LogP contribution >= 0.6 is 0 Å². The molecule has 0 saturated heterocycles. The van der Waals surface area contributed by atoms with Crippen LogP contribution in [-0.4, -0.2) is 37.9 Å². The minimum atomic E-state index is -0.749. The summed E-state index contributed by atoms with van der Waals surface area (Å²) < 4.78 is 10.6. The van der Waals surface area contributed by atoms with Crippen LogP contribution in [0.3, 0.4) is 0 Å². The number of likely N-dealkylation sites (N-methyl/N-ethyl adjacent to an activating group) is 1. The van der Waals surface area contributed by atoms with Gasteiger partial charge in [-0.05, 0) is 26.8 Å². The molecule has 2 atom stereocenters. The van der Waals surface area contributed by atoms with Gasteiger partial charge in [0.1, 0.15) is 5.54 Å². The maximum absolute atomic E-state index is 11.8. The molecule has 0 heterocycles. The molecular weight excluding hydrogens is 242 g/mol. The molecule has 0 aromatic rings. The number of carbonyl (C=O) groups excluding carboxylic acids is 1. The number of nitrogens with one attached hydrogen (secondary N) is 1. The second-order valence-electron chi connectivity index (χ2n) is 5.32. The zero-order valence-electron chi connectivity index (χ0n) is 13.3. The molecule has 0 aliphatic heterocycles. The van der Waals surface area contributed by atoms with Crippen LogP contribution in [0.15, 0.2) is 0 Å². The highest BCUT2D eigenvalue weighted by molar-refractivity contribution is 5.80.